The standard InChI is InChI=1S/C19H35N2O10P/c1-4-11(24)10(21-32-20)7-28-18-16(27)15(26)17(13(6-23)30-18)31-19-14(25)9(3)8(2)12(5-22)29-19/h4,8-19,22-27H,1,5-7H2,2-3H3,(H2,20,21)/t8-,9+,10+,11-,12?,13?,14+,15-,16+,17-,18?,19?/m1/s1. The van der Waals surface area contributed by atoms with Crippen LogP contribution >= 0.6 is 8.52 Å². The predicted molar refractivity (Wildman–Crippen MR) is 112 cm³/mol. The molecule has 8 N–H and O–H groups in total. The number of aliphatic hydroxyl groups is 6. The second kappa shape index (κ2) is 12.7. The number of hydrogen-bond donors (Lipinski definition) is 7. The first-order chi connectivity index (χ1) is 15.2. The van der Waals surface area contributed by atoms with Crippen LogP contribution in [0.4, 0.5) is 0 Å². The van der Waals surface area contributed by atoms with Crippen LogP contribution in [0.3, 0.4) is 0 Å². The molecule has 2 heterocycles. The summed E-state index contributed by atoms with van der Waals surface area (Å²) in [5, 5.41) is 60.9. The number of hydrogen-bond acceptors (Lipinski definition) is 11. The van der Waals surface area contributed by atoms with Gasteiger partial charge in [-0.3, -0.25) is 5.50 Å². The van der Waals surface area contributed by atoms with Gasteiger partial charge >= 0.3 is 0 Å². The largest absolute Gasteiger partial charge is 0.394 e. The van der Waals surface area contributed by atoms with Gasteiger partial charge in [0.1, 0.15) is 36.6 Å². The zero-order valence-electron chi connectivity index (χ0n) is 18.1. The van der Waals surface area contributed by atoms with Crippen LogP contribution in [0.25, 0.3) is 0 Å². The SMILES string of the molecule is C=C[C@@H](O)[C@H](COC1OC(CO)[C@@H](OC2OC(CO)[C@H](C)[C@H](C)[C@@H]2O)[C@H](O)[C@@H]1O)N=PN. The molecule has 186 valence electrons. The van der Waals surface area contributed by atoms with Gasteiger partial charge in [0.25, 0.3) is 0 Å². The maximum absolute atomic E-state index is 10.6. The van der Waals surface area contributed by atoms with Crippen molar-refractivity contribution in [2.75, 3.05) is 19.8 Å². The molecule has 0 aliphatic carbocycles. The summed E-state index contributed by atoms with van der Waals surface area (Å²) in [5.74, 6) is -0.420. The number of rotatable bonds is 10. The van der Waals surface area contributed by atoms with Gasteiger partial charge in [-0.15, -0.1) is 6.58 Å². The Balaban J connectivity index is 2.07. The van der Waals surface area contributed by atoms with Crippen molar-refractivity contribution in [1.82, 2.24) is 0 Å². The Kier molecular flexibility index (Phi) is 11.0. The molecule has 13 heteroatoms. The number of ether oxygens (including phenoxy) is 4. The van der Waals surface area contributed by atoms with Crippen LogP contribution in [-0.4, -0.2) is 112 Å². The van der Waals surface area contributed by atoms with E-state index in [2.05, 4.69) is 11.3 Å². The first kappa shape index (κ1) is 27.6. The summed E-state index contributed by atoms with van der Waals surface area (Å²) in [6.07, 6.45) is -9.53. The van der Waals surface area contributed by atoms with E-state index in [9.17, 15) is 30.6 Å². The van der Waals surface area contributed by atoms with Crippen molar-refractivity contribution in [2.45, 2.75) is 75.2 Å². The van der Waals surface area contributed by atoms with E-state index in [1.165, 1.54) is 6.08 Å². The molecule has 2 saturated heterocycles. The second-order valence-corrected chi connectivity index (χ2v) is 8.56. The highest BCUT2D eigenvalue weighted by Crippen LogP contribution is 2.34. The monoisotopic (exact) mass is 482 g/mol. The molecule has 4 unspecified atom stereocenters. The molecule has 0 radical (unpaired) electrons. The average Bonchev–Trinajstić information content (AvgIpc) is 2.80. The maximum atomic E-state index is 10.6. The predicted octanol–water partition coefficient (Wildman–Crippen LogP) is -1.90. The van der Waals surface area contributed by atoms with Gasteiger partial charge in [0, 0.05) is 0 Å². The molecule has 0 aromatic heterocycles. The third-order valence-electron chi connectivity index (χ3n) is 6.12. The van der Waals surface area contributed by atoms with E-state index in [1.54, 1.807) is 6.92 Å². The molecule has 2 aliphatic heterocycles. The maximum Gasteiger partial charge on any atom is 0.186 e. The molecule has 0 aromatic carbocycles. The molecule has 0 spiro atoms. The van der Waals surface area contributed by atoms with E-state index in [4.69, 9.17) is 24.5 Å². The second-order valence-electron chi connectivity index (χ2n) is 8.10. The quantitative estimate of drug-likeness (QED) is 0.136. The van der Waals surface area contributed by atoms with Gasteiger partial charge in [0.05, 0.1) is 40.6 Å². The highest BCUT2D eigenvalue weighted by molar-refractivity contribution is 7.23. The van der Waals surface area contributed by atoms with Crippen molar-refractivity contribution < 1.29 is 49.6 Å². The Morgan fingerprint density at radius 1 is 1.03 bits per heavy atom. The van der Waals surface area contributed by atoms with Gasteiger partial charge in [-0.05, 0) is 11.8 Å². The Bertz CT molecular complexity index is 613. The van der Waals surface area contributed by atoms with Crippen molar-refractivity contribution in [2.24, 2.45) is 22.1 Å². The number of aliphatic hydroxyl groups excluding tert-OH is 6. The Labute approximate surface area is 188 Å². The highest BCUT2D eigenvalue weighted by atomic mass is 31.1. The Hall–Kier alpha value is -0.600. The van der Waals surface area contributed by atoms with Crippen LogP contribution < -0.4 is 5.50 Å². The molecule has 0 aromatic rings. The molecule has 2 rings (SSSR count). The molecule has 12 atom stereocenters. The molecule has 0 amide bonds. The van der Waals surface area contributed by atoms with Gasteiger partial charge < -0.3 is 49.6 Å². The zero-order valence-corrected chi connectivity index (χ0v) is 19.0. The van der Waals surface area contributed by atoms with Crippen molar-refractivity contribution in [1.29, 1.82) is 0 Å². The van der Waals surface area contributed by atoms with Crippen molar-refractivity contribution in [3.63, 3.8) is 0 Å². The van der Waals surface area contributed by atoms with E-state index in [0.29, 0.717) is 0 Å². The average molecular weight is 482 g/mol. The fourth-order valence-electron chi connectivity index (χ4n) is 3.75. The Morgan fingerprint density at radius 3 is 2.22 bits per heavy atom. The molecule has 2 fully saturated rings. The van der Waals surface area contributed by atoms with Crippen LogP contribution in [0.2, 0.25) is 0 Å². The zero-order chi connectivity index (χ0) is 24.0. The van der Waals surface area contributed by atoms with Crippen LogP contribution in [0.1, 0.15) is 13.8 Å². The molecule has 0 bridgehead atoms. The lowest BCUT2D eigenvalue weighted by molar-refractivity contribution is -0.352. The molecular formula is C19H35N2O10P. The number of nitrogens with two attached hydrogens (primary N) is 1. The third kappa shape index (κ3) is 6.29. The van der Waals surface area contributed by atoms with Crippen LogP contribution in [0.15, 0.2) is 17.4 Å². The van der Waals surface area contributed by atoms with Crippen LogP contribution in [0, 0.1) is 11.8 Å². The van der Waals surface area contributed by atoms with Gasteiger partial charge in [0.15, 0.2) is 12.6 Å². The third-order valence-corrected chi connectivity index (χ3v) is 6.55. The van der Waals surface area contributed by atoms with E-state index < -0.39 is 68.0 Å². The molecule has 0 saturated carbocycles. The fourth-order valence-corrected chi connectivity index (χ4v) is 4.12. The summed E-state index contributed by atoms with van der Waals surface area (Å²) in [6.45, 7) is 6.02. The van der Waals surface area contributed by atoms with E-state index in [-0.39, 0.29) is 33.6 Å². The lowest BCUT2D eigenvalue weighted by Crippen LogP contribution is -2.63. The van der Waals surface area contributed by atoms with E-state index in [0.717, 1.165) is 0 Å². The smallest absolute Gasteiger partial charge is 0.186 e. The van der Waals surface area contributed by atoms with Gasteiger partial charge in [-0.1, -0.05) is 19.9 Å². The lowest BCUT2D eigenvalue weighted by atomic mass is 9.83. The minimum atomic E-state index is -1.58. The fraction of sp³-hybridized carbons (Fsp3) is 0.895. The van der Waals surface area contributed by atoms with Crippen LogP contribution in [0.5, 0.6) is 0 Å². The van der Waals surface area contributed by atoms with E-state index >= 15 is 0 Å². The molecule has 12 nitrogen and oxygen atoms in total. The van der Waals surface area contributed by atoms with Crippen LogP contribution in [-0.2, 0) is 18.9 Å². The summed E-state index contributed by atoms with van der Waals surface area (Å²) in [5.41, 5.74) is 5.37. The van der Waals surface area contributed by atoms with Crippen molar-refractivity contribution >= 4 is 8.52 Å². The summed E-state index contributed by atoms with van der Waals surface area (Å²) in [6, 6.07) is -0.779. The highest BCUT2D eigenvalue weighted by Gasteiger charge is 2.49. The summed E-state index contributed by atoms with van der Waals surface area (Å²) >= 11 is 0. The number of nitrogens with zero attached hydrogens (tertiary/aromatic N) is 1. The topological polar surface area (TPSA) is 197 Å². The van der Waals surface area contributed by atoms with E-state index in [1.807, 2.05) is 6.92 Å². The van der Waals surface area contributed by atoms with Gasteiger partial charge in [-0.25, -0.2) is 4.74 Å². The molecule has 32 heavy (non-hydrogen) atoms. The lowest BCUT2D eigenvalue weighted by Gasteiger charge is -2.46. The first-order valence-corrected chi connectivity index (χ1v) is 11.4. The van der Waals surface area contributed by atoms with Gasteiger partial charge in [-0.2, -0.15) is 0 Å². The minimum Gasteiger partial charge on any atom is -0.394 e. The first-order valence-electron chi connectivity index (χ1n) is 10.4. The Morgan fingerprint density at radius 2 is 1.66 bits per heavy atom. The summed E-state index contributed by atoms with van der Waals surface area (Å²) in [7, 11) is 0.167. The van der Waals surface area contributed by atoms with Crippen molar-refractivity contribution in [3.8, 4) is 0 Å². The van der Waals surface area contributed by atoms with Gasteiger partial charge in [0.2, 0.25) is 0 Å². The normalized spacial score (nSPS) is 42.7. The molecular weight excluding hydrogens is 447 g/mol. The molecule has 2 aliphatic rings. The van der Waals surface area contributed by atoms with Crippen molar-refractivity contribution in [3.05, 3.63) is 12.7 Å². The summed E-state index contributed by atoms with van der Waals surface area (Å²) in [4.78, 5) is 0. The minimum absolute atomic E-state index is 0.142. The summed E-state index contributed by atoms with van der Waals surface area (Å²) < 4.78 is 26.4.